The minimum absolute atomic E-state index is 0.418. The molecule has 0 saturated carbocycles. The minimum Gasteiger partial charge on any atom is -0.423 e. The van der Waals surface area contributed by atoms with E-state index in [4.69, 9.17) is 4.74 Å². The van der Waals surface area contributed by atoms with Crippen LogP contribution < -0.4 is 4.74 Å². The lowest BCUT2D eigenvalue weighted by atomic mass is 10.2. The van der Waals surface area contributed by atoms with Gasteiger partial charge in [-0.05, 0) is 50.2 Å². The molecule has 1 aromatic carbocycles. The van der Waals surface area contributed by atoms with Gasteiger partial charge in [0.1, 0.15) is 12.1 Å². The highest BCUT2D eigenvalue weighted by molar-refractivity contribution is 5.92. The molecule has 2 heterocycles. The molecule has 116 valence electrons. The molecule has 0 amide bonds. The van der Waals surface area contributed by atoms with Crippen molar-refractivity contribution in [3.05, 3.63) is 59.7 Å². The van der Waals surface area contributed by atoms with Crippen molar-refractivity contribution in [3.8, 4) is 17.1 Å². The Kier molecular flexibility index (Phi) is 3.89. The van der Waals surface area contributed by atoms with Gasteiger partial charge in [-0.3, -0.25) is 9.67 Å². The van der Waals surface area contributed by atoms with E-state index in [1.165, 1.54) is 0 Å². The highest BCUT2D eigenvalue weighted by Gasteiger charge is 2.13. The van der Waals surface area contributed by atoms with E-state index in [0.717, 1.165) is 11.3 Å². The van der Waals surface area contributed by atoms with Crippen LogP contribution in [0.3, 0.4) is 0 Å². The van der Waals surface area contributed by atoms with E-state index in [1.54, 1.807) is 42.2 Å². The lowest BCUT2D eigenvalue weighted by Crippen LogP contribution is -2.11. The summed E-state index contributed by atoms with van der Waals surface area (Å²) in [7, 11) is 1.81. The molecule has 0 unspecified atom stereocenters. The van der Waals surface area contributed by atoms with Gasteiger partial charge in [0.15, 0.2) is 5.82 Å². The number of hydrogen-bond donors (Lipinski definition) is 0. The number of rotatable bonds is 3. The summed E-state index contributed by atoms with van der Waals surface area (Å²) >= 11 is 0. The zero-order valence-electron chi connectivity index (χ0n) is 13.1. The van der Waals surface area contributed by atoms with Crippen LogP contribution in [0.2, 0.25) is 0 Å². The van der Waals surface area contributed by atoms with Gasteiger partial charge in [-0.2, -0.15) is 5.10 Å². The summed E-state index contributed by atoms with van der Waals surface area (Å²) in [5.41, 5.74) is 2.85. The monoisotopic (exact) mass is 308 g/mol. The zero-order valence-corrected chi connectivity index (χ0v) is 13.1. The van der Waals surface area contributed by atoms with Crippen LogP contribution in [0.4, 0.5) is 0 Å². The molecule has 0 spiro atoms. The average molecular weight is 308 g/mol. The van der Waals surface area contributed by atoms with Gasteiger partial charge in [-0.25, -0.2) is 9.78 Å². The number of nitrogens with zero attached hydrogens (tertiary/aromatic N) is 4. The van der Waals surface area contributed by atoms with Gasteiger partial charge in [0.25, 0.3) is 0 Å². The SMILES string of the molecule is Cc1ccc(C(=O)Oc2ccc(-c3ncn(C)n3)cc2)c(C)n1. The molecular weight excluding hydrogens is 292 g/mol. The van der Waals surface area contributed by atoms with Gasteiger partial charge >= 0.3 is 5.97 Å². The Morgan fingerprint density at radius 3 is 2.43 bits per heavy atom. The summed E-state index contributed by atoms with van der Waals surface area (Å²) in [5.74, 6) is 0.678. The minimum atomic E-state index is -0.418. The van der Waals surface area contributed by atoms with Crippen molar-refractivity contribution in [1.29, 1.82) is 0 Å². The van der Waals surface area contributed by atoms with Crippen LogP contribution in [0.1, 0.15) is 21.7 Å². The molecule has 23 heavy (non-hydrogen) atoms. The van der Waals surface area contributed by atoms with Crippen LogP contribution in [0.5, 0.6) is 5.75 Å². The highest BCUT2D eigenvalue weighted by atomic mass is 16.5. The van der Waals surface area contributed by atoms with Crippen molar-refractivity contribution >= 4 is 5.97 Å². The van der Waals surface area contributed by atoms with Crippen LogP contribution in [-0.4, -0.2) is 25.7 Å². The number of carbonyl (C=O) groups is 1. The van der Waals surface area contributed by atoms with E-state index in [9.17, 15) is 4.79 Å². The molecule has 6 heteroatoms. The van der Waals surface area contributed by atoms with Crippen molar-refractivity contribution < 1.29 is 9.53 Å². The molecule has 3 rings (SSSR count). The third-order valence-corrected chi connectivity index (χ3v) is 3.37. The number of pyridine rings is 1. The number of ether oxygens (including phenoxy) is 1. The lowest BCUT2D eigenvalue weighted by molar-refractivity contribution is 0.0733. The molecule has 0 saturated heterocycles. The fourth-order valence-electron chi connectivity index (χ4n) is 2.21. The van der Waals surface area contributed by atoms with E-state index in [1.807, 2.05) is 26.1 Å². The van der Waals surface area contributed by atoms with Crippen LogP contribution in [0.15, 0.2) is 42.7 Å². The fraction of sp³-hybridized carbons (Fsp3) is 0.176. The van der Waals surface area contributed by atoms with Crippen LogP contribution in [-0.2, 0) is 7.05 Å². The Morgan fingerprint density at radius 2 is 1.83 bits per heavy atom. The Labute approximate surface area is 133 Å². The van der Waals surface area contributed by atoms with Crippen molar-refractivity contribution in [2.24, 2.45) is 7.05 Å². The average Bonchev–Trinajstić information content (AvgIpc) is 2.94. The highest BCUT2D eigenvalue weighted by Crippen LogP contribution is 2.20. The molecular formula is C17H16N4O2. The second kappa shape index (κ2) is 6.00. The molecule has 6 nitrogen and oxygen atoms in total. The molecule has 0 aliphatic rings. The lowest BCUT2D eigenvalue weighted by Gasteiger charge is -2.07. The number of hydrogen-bond acceptors (Lipinski definition) is 5. The summed E-state index contributed by atoms with van der Waals surface area (Å²) < 4.78 is 7.03. The Balaban J connectivity index is 1.76. The van der Waals surface area contributed by atoms with Gasteiger partial charge in [-0.15, -0.1) is 0 Å². The maximum atomic E-state index is 12.2. The van der Waals surface area contributed by atoms with Crippen LogP contribution >= 0.6 is 0 Å². The second-order valence-electron chi connectivity index (χ2n) is 5.24. The maximum Gasteiger partial charge on any atom is 0.345 e. The summed E-state index contributed by atoms with van der Waals surface area (Å²) in [4.78, 5) is 20.7. The molecule has 2 aromatic heterocycles. The molecule has 0 aliphatic carbocycles. The third kappa shape index (κ3) is 3.26. The molecule has 0 radical (unpaired) electrons. The number of carbonyl (C=O) groups excluding carboxylic acids is 1. The largest absolute Gasteiger partial charge is 0.423 e. The first-order valence-corrected chi connectivity index (χ1v) is 7.15. The molecule has 0 atom stereocenters. The Bertz CT molecular complexity index is 853. The van der Waals surface area contributed by atoms with Crippen molar-refractivity contribution in [3.63, 3.8) is 0 Å². The molecule has 0 N–H and O–H groups in total. The molecule has 0 bridgehead atoms. The van der Waals surface area contributed by atoms with E-state index in [0.29, 0.717) is 22.8 Å². The standard InChI is InChI=1S/C17H16N4O2/c1-11-4-9-15(12(2)19-11)17(22)23-14-7-5-13(6-8-14)16-18-10-21(3)20-16/h4-10H,1-3H3. The van der Waals surface area contributed by atoms with Gasteiger partial charge in [0.05, 0.1) is 11.3 Å². The maximum absolute atomic E-state index is 12.2. The van der Waals surface area contributed by atoms with Crippen LogP contribution in [0.25, 0.3) is 11.4 Å². The molecule has 3 aromatic rings. The van der Waals surface area contributed by atoms with E-state index < -0.39 is 5.97 Å². The van der Waals surface area contributed by atoms with Crippen LogP contribution in [0, 0.1) is 13.8 Å². The first-order chi connectivity index (χ1) is 11.0. The van der Waals surface area contributed by atoms with Crippen molar-refractivity contribution in [2.45, 2.75) is 13.8 Å². The predicted molar refractivity (Wildman–Crippen MR) is 85.1 cm³/mol. The summed E-state index contributed by atoms with van der Waals surface area (Å²) in [6.45, 7) is 3.67. The first kappa shape index (κ1) is 14.9. The van der Waals surface area contributed by atoms with E-state index in [-0.39, 0.29) is 0 Å². The normalized spacial score (nSPS) is 10.6. The topological polar surface area (TPSA) is 69.9 Å². The van der Waals surface area contributed by atoms with Crippen molar-refractivity contribution in [1.82, 2.24) is 19.7 Å². The quantitative estimate of drug-likeness (QED) is 0.549. The number of aryl methyl sites for hydroxylation is 3. The van der Waals surface area contributed by atoms with Gasteiger partial charge in [0, 0.05) is 18.3 Å². The van der Waals surface area contributed by atoms with E-state index in [2.05, 4.69) is 15.1 Å². The smallest absolute Gasteiger partial charge is 0.345 e. The van der Waals surface area contributed by atoms with Gasteiger partial charge in [-0.1, -0.05) is 0 Å². The van der Waals surface area contributed by atoms with Crippen molar-refractivity contribution in [2.75, 3.05) is 0 Å². The third-order valence-electron chi connectivity index (χ3n) is 3.37. The number of aromatic nitrogens is 4. The number of benzene rings is 1. The van der Waals surface area contributed by atoms with E-state index >= 15 is 0 Å². The molecule has 0 fully saturated rings. The summed E-state index contributed by atoms with van der Waals surface area (Å²) in [5, 5.41) is 4.23. The summed E-state index contributed by atoms with van der Waals surface area (Å²) in [6, 6.07) is 10.6. The molecule has 0 aliphatic heterocycles. The summed E-state index contributed by atoms with van der Waals surface area (Å²) in [6.07, 6.45) is 1.64. The Morgan fingerprint density at radius 1 is 1.09 bits per heavy atom. The number of esters is 1. The van der Waals surface area contributed by atoms with Gasteiger partial charge < -0.3 is 4.74 Å². The first-order valence-electron chi connectivity index (χ1n) is 7.15. The predicted octanol–water partition coefficient (Wildman–Crippen LogP) is 2.71. The zero-order chi connectivity index (χ0) is 16.4. The Hall–Kier alpha value is -3.02. The second-order valence-corrected chi connectivity index (χ2v) is 5.24. The van der Waals surface area contributed by atoms with Gasteiger partial charge in [0.2, 0.25) is 0 Å². The fourth-order valence-corrected chi connectivity index (χ4v) is 2.21.